The fourth-order valence-electron chi connectivity index (χ4n) is 2.43. The lowest BCUT2D eigenvalue weighted by molar-refractivity contribution is 0.553. The molecule has 1 aromatic carbocycles. The van der Waals surface area contributed by atoms with Gasteiger partial charge in [-0.25, -0.2) is 31.0 Å². The lowest BCUT2D eigenvalue weighted by Crippen LogP contribution is -2.32. The van der Waals surface area contributed by atoms with Gasteiger partial charge in [0, 0.05) is 12.1 Å². The van der Waals surface area contributed by atoms with Crippen molar-refractivity contribution in [1.82, 2.24) is 19.2 Å². The van der Waals surface area contributed by atoms with Gasteiger partial charge < -0.3 is 0 Å². The molecule has 0 amide bonds. The lowest BCUT2D eigenvalue weighted by atomic mass is 10.2. The van der Waals surface area contributed by atoms with Crippen LogP contribution in [0.2, 0.25) is 0 Å². The van der Waals surface area contributed by atoms with E-state index in [2.05, 4.69) is 14.5 Å². The summed E-state index contributed by atoms with van der Waals surface area (Å²) in [5, 5.41) is 4.10. The van der Waals surface area contributed by atoms with E-state index in [-0.39, 0.29) is 21.9 Å². The molecule has 0 aliphatic carbocycles. The number of hydrogen-bond acceptors (Lipinski definition) is 5. The molecule has 0 aliphatic rings. The standard InChI is InChI=1S/C18H28N4O4S2/c1-6-14(4)20-27(23,24)17-11-19-22(12-17)16-9-8-13(3)18(10-16)28(25,26)21-15(5)7-2/h8-12,14-15,20-21H,6-7H2,1-5H3/t14-,15+/m0/s1. The second-order valence-electron chi connectivity index (χ2n) is 6.93. The normalized spacial score (nSPS) is 14.8. The highest BCUT2D eigenvalue weighted by Gasteiger charge is 2.22. The van der Waals surface area contributed by atoms with E-state index in [0.29, 0.717) is 24.1 Å². The number of nitrogens with zero attached hydrogens (tertiary/aromatic N) is 2. The van der Waals surface area contributed by atoms with Crippen LogP contribution in [-0.4, -0.2) is 38.7 Å². The third-order valence-electron chi connectivity index (χ3n) is 4.53. The van der Waals surface area contributed by atoms with Crippen LogP contribution in [0.1, 0.15) is 46.1 Å². The van der Waals surface area contributed by atoms with E-state index < -0.39 is 20.0 Å². The van der Waals surface area contributed by atoms with E-state index in [1.807, 2.05) is 13.8 Å². The van der Waals surface area contributed by atoms with Gasteiger partial charge in [0.25, 0.3) is 0 Å². The fraction of sp³-hybridized carbons (Fsp3) is 0.500. The summed E-state index contributed by atoms with van der Waals surface area (Å²) in [6.07, 6.45) is 3.95. The van der Waals surface area contributed by atoms with Crippen LogP contribution in [0.3, 0.4) is 0 Å². The van der Waals surface area contributed by atoms with E-state index >= 15 is 0 Å². The van der Waals surface area contributed by atoms with Crippen molar-refractivity contribution < 1.29 is 16.8 Å². The van der Waals surface area contributed by atoms with Crippen LogP contribution in [0.15, 0.2) is 40.4 Å². The van der Waals surface area contributed by atoms with Crippen LogP contribution in [0.4, 0.5) is 0 Å². The van der Waals surface area contributed by atoms with Gasteiger partial charge in [0.1, 0.15) is 4.90 Å². The Hall–Kier alpha value is -1.75. The molecule has 28 heavy (non-hydrogen) atoms. The number of sulfonamides is 2. The predicted octanol–water partition coefficient (Wildman–Crippen LogP) is 2.33. The summed E-state index contributed by atoms with van der Waals surface area (Å²) in [5.41, 5.74) is 1.05. The van der Waals surface area contributed by atoms with E-state index in [1.54, 1.807) is 32.9 Å². The second-order valence-corrected chi connectivity index (χ2v) is 10.3. The van der Waals surface area contributed by atoms with E-state index in [9.17, 15) is 16.8 Å². The molecule has 0 unspecified atom stereocenters. The maximum absolute atomic E-state index is 12.7. The molecular weight excluding hydrogens is 400 g/mol. The van der Waals surface area contributed by atoms with Crippen LogP contribution in [0.5, 0.6) is 0 Å². The van der Waals surface area contributed by atoms with Crippen molar-refractivity contribution >= 4 is 20.0 Å². The third-order valence-corrected chi connectivity index (χ3v) is 7.81. The van der Waals surface area contributed by atoms with Crippen molar-refractivity contribution in [2.24, 2.45) is 0 Å². The number of aromatic nitrogens is 2. The van der Waals surface area contributed by atoms with Crippen LogP contribution in [-0.2, 0) is 20.0 Å². The van der Waals surface area contributed by atoms with Crippen molar-refractivity contribution in [3.05, 3.63) is 36.2 Å². The molecule has 0 aliphatic heterocycles. The van der Waals surface area contributed by atoms with Crippen LogP contribution < -0.4 is 9.44 Å². The topological polar surface area (TPSA) is 110 Å². The lowest BCUT2D eigenvalue weighted by Gasteiger charge is -2.15. The molecule has 0 saturated heterocycles. The SMILES string of the molecule is CC[C@@H](C)NS(=O)(=O)c1cc(-n2cc(S(=O)(=O)N[C@@H](C)CC)cn2)ccc1C. The average Bonchev–Trinajstić information content (AvgIpc) is 3.12. The van der Waals surface area contributed by atoms with Gasteiger partial charge in [-0.15, -0.1) is 0 Å². The first-order valence-corrected chi connectivity index (χ1v) is 12.2. The van der Waals surface area contributed by atoms with Crippen molar-refractivity contribution in [1.29, 1.82) is 0 Å². The molecular formula is C18H28N4O4S2. The molecule has 2 N–H and O–H groups in total. The summed E-state index contributed by atoms with van der Waals surface area (Å²) in [6, 6.07) is 4.47. The zero-order valence-electron chi connectivity index (χ0n) is 16.8. The highest BCUT2D eigenvalue weighted by atomic mass is 32.2. The summed E-state index contributed by atoms with van der Waals surface area (Å²) in [4.78, 5) is 0.165. The zero-order chi connectivity index (χ0) is 21.1. The van der Waals surface area contributed by atoms with Crippen molar-refractivity contribution in [2.75, 3.05) is 0 Å². The molecule has 0 spiro atoms. The summed E-state index contributed by atoms with van der Waals surface area (Å²) >= 11 is 0. The minimum atomic E-state index is -3.70. The summed E-state index contributed by atoms with van der Waals surface area (Å²) in [6.45, 7) is 9.08. The van der Waals surface area contributed by atoms with Crippen LogP contribution >= 0.6 is 0 Å². The number of hydrogen-bond donors (Lipinski definition) is 2. The molecule has 0 radical (unpaired) electrons. The number of nitrogens with one attached hydrogen (secondary N) is 2. The monoisotopic (exact) mass is 428 g/mol. The van der Waals surface area contributed by atoms with Crippen LogP contribution in [0.25, 0.3) is 5.69 Å². The summed E-state index contributed by atoms with van der Waals surface area (Å²) < 4.78 is 56.7. The van der Waals surface area contributed by atoms with Gasteiger partial charge in [-0.2, -0.15) is 5.10 Å². The maximum Gasteiger partial charge on any atom is 0.243 e. The molecule has 2 rings (SSSR count). The minimum absolute atomic E-state index is 0.0236. The molecule has 156 valence electrons. The van der Waals surface area contributed by atoms with Gasteiger partial charge >= 0.3 is 0 Å². The highest BCUT2D eigenvalue weighted by Crippen LogP contribution is 2.21. The first-order chi connectivity index (χ1) is 13.0. The molecule has 0 saturated carbocycles. The average molecular weight is 429 g/mol. The molecule has 2 aromatic rings. The molecule has 0 fully saturated rings. The molecule has 1 heterocycles. The predicted molar refractivity (Wildman–Crippen MR) is 108 cm³/mol. The summed E-state index contributed by atoms with van der Waals surface area (Å²) in [7, 11) is -7.38. The van der Waals surface area contributed by atoms with Gasteiger partial charge in [0.05, 0.1) is 23.0 Å². The third kappa shape index (κ3) is 5.19. The van der Waals surface area contributed by atoms with Gasteiger partial charge in [0.2, 0.25) is 20.0 Å². The first-order valence-electron chi connectivity index (χ1n) is 9.20. The van der Waals surface area contributed by atoms with E-state index in [1.165, 1.54) is 23.1 Å². The van der Waals surface area contributed by atoms with Gasteiger partial charge in [-0.1, -0.05) is 19.9 Å². The van der Waals surface area contributed by atoms with Crippen LogP contribution in [0, 0.1) is 6.92 Å². The van der Waals surface area contributed by atoms with E-state index in [4.69, 9.17) is 0 Å². The molecule has 8 nitrogen and oxygen atoms in total. The number of benzene rings is 1. The number of rotatable bonds is 9. The Balaban J connectivity index is 2.40. The first kappa shape index (κ1) is 22.5. The molecule has 10 heteroatoms. The second kappa shape index (κ2) is 8.73. The number of aryl methyl sites for hydroxylation is 1. The highest BCUT2D eigenvalue weighted by molar-refractivity contribution is 7.89. The fourth-order valence-corrected chi connectivity index (χ4v) is 5.28. The Bertz CT molecular complexity index is 1030. The quantitative estimate of drug-likeness (QED) is 0.637. The Morgan fingerprint density at radius 1 is 1.00 bits per heavy atom. The summed E-state index contributed by atoms with van der Waals surface area (Å²) in [5.74, 6) is 0. The molecule has 1 aromatic heterocycles. The minimum Gasteiger partial charge on any atom is -0.240 e. The zero-order valence-corrected chi connectivity index (χ0v) is 18.4. The van der Waals surface area contributed by atoms with Gasteiger partial charge in [-0.3, -0.25) is 0 Å². The molecule has 0 bridgehead atoms. The Morgan fingerprint density at radius 2 is 1.57 bits per heavy atom. The van der Waals surface area contributed by atoms with Crippen molar-refractivity contribution in [3.8, 4) is 5.69 Å². The Morgan fingerprint density at radius 3 is 2.14 bits per heavy atom. The van der Waals surface area contributed by atoms with E-state index in [0.717, 1.165) is 0 Å². The largest absolute Gasteiger partial charge is 0.243 e. The molecule has 2 atom stereocenters. The van der Waals surface area contributed by atoms with Crippen molar-refractivity contribution in [2.45, 2.75) is 69.3 Å². The Kier molecular flexibility index (Phi) is 7.02. The Labute approximate surface area is 167 Å². The van der Waals surface area contributed by atoms with Crippen molar-refractivity contribution in [3.63, 3.8) is 0 Å². The maximum atomic E-state index is 12.7. The van der Waals surface area contributed by atoms with Gasteiger partial charge in [-0.05, 0) is 51.3 Å². The van der Waals surface area contributed by atoms with Gasteiger partial charge in [0.15, 0.2) is 0 Å². The smallest absolute Gasteiger partial charge is 0.240 e.